The van der Waals surface area contributed by atoms with Crippen LogP contribution in [0.5, 0.6) is 0 Å². The fourth-order valence-electron chi connectivity index (χ4n) is 1.41. The van der Waals surface area contributed by atoms with Crippen LogP contribution in [0.4, 0.5) is 5.82 Å². The molecule has 2 aromatic rings. The average molecular weight is 287 g/mol. The molecule has 0 saturated heterocycles. The highest BCUT2D eigenvalue weighted by molar-refractivity contribution is 7.89. The monoisotopic (exact) mass is 287 g/mol. The number of nitrogens with one attached hydrogen (secondary N) is 2. The van der Waals surface area contributed by atoms with Crippen molar-refractivity contribution < 1.29 is 8.42 Å². The molecule has 0 saturated carbocycles. The van der Waals surface area contributed by atoms with Crippen LogP contribution in [0.1, 0.15) is 10.7 Å². The van der Waals surface area contributed by atoms with Gasteiger partial charge in [-0.25, -0.2) is 18.1 Å². The molecule has 0 bridgehead atoms. The van der Waals surface area contributed by atoms with Gasteiger partial charge in [0.15, 0.2) is 0 Å². The Morgan fingerprint density at radius 2 is 2.33 bits per heavy atom. The molecule has 18 heavy (non-hydrogen) atoms. The summed E-state index contributed by atoms with van der Waals surface area (Å²) in [5, 5.41) is 8.84. The Balaban J connectivity index is 1.96. The summed E-state index contributed by atoms with van der Waals surface area (Å²) in [5.41, 5.74) is 6.34. The lowest BCUT2D eigenvalue weighted by atomic mass is 10.3. The fourth-order valence-corrected chi connectivity index (χ4v) is 3.11. The summed E-state index contributed by atoms with van der Waals surface area (Å²) >= 11 is 1.54. The lowest BCUT2D eigenvalue weighted by molar-refractivity contribution is 0.582. The van der Waals surface area contributed by atoms with Gasteiger partial charge in [-0.1, -0.05) is 0 Å². The van der Waals surface area contributed by atoms with E-state index in [4.69, 9.17) is 5.73 Å². The van der Waals surface area contributed by atoms with Gasteiger partial charge < -0.3 is 5.73 Å². The maximum atomic E-state index is 11.8. The topological polar surface area (TPSA) is 114 Å². The molecule has 98 valence electrons. The second-order valence-electron chi connectivity index (χ2n) is 3.65. The van der Waals surface area contributed by atoms with Crippen LogP contribution >= 0.6 is 11.3 Å². The molecule has 0 unspecified atom stereocenters. The standard InChI is InChI=1S/C9H13N5O2S2/c1-6-13-7(5-17-6)2-3-12-18(15,16)8-4-11-14-9(8)10/h4-5,12H,2-3H2,1H3,(H3,10,11,14). The molecule has 0 aromatic carbocycles. The Kier molecular flexibility index (Phi) is 3.64. The van der Waals surface area contributed by atoms with Crippen molar-refractivity contribution in [1.29, 1.82) is 0 Å². The van der Waals surface area contributed by atoms with Crippen LogP contribution in [0.15, 0.2) is 16.5 Å². The number of nitrogens with zero attached hydrogens (tertiary/aromatic N) is 2. The largest absolute Gasteiger partial charge is 0.383 e. The highest BCUT2D eigenvalue weighted by Crippen LogP contribution is 2.13. The summed E-state index contributed by atoms with van der Waals surface area (Å²) in [6.07, 6.45) is 1.73. The molecule has 0 aliphatic carbocycles. The summed E-state index contributed by atoms with van der Waals surface area (Å²) in [6.45, 7) is 2.18. The average Bonchev–Trinajstić information content (AvgIpc) is 2.87. The molecule has 0 aliphatic rings. The number of nitrogen functional groups attached to an aromatic ring is 1. The minimum Gasteiger partial charge on any atom is -0.383 e. The van der Waals surface area contributed by atoms with Gasteiger partial charge in [0.05, 0.1) is 16.9 Å². The fraction of sp³-hybridized carbons (Fsp3) is 0.333. The van der Waals surface area contributed by atoms with Crippen molar-refractivity contribution >= 4 is 27.2 Å². The number of H-pyrrole nitrogens is 1. The number of aryl methyl sites for hydroxylation is 1. The molecule has 0 amide bonds. The number of aromatic amines is 1. The van der Waals surface area contributed by atoms with Crippen LogP contribution in [0.2, 0.25) is 0 Å². The lowest BCUT2D eigenvalue weighted by Gasteiger charge is -2.04. The van der Waals surface area contributed by atoms with E-state index in [1.54, 1.807) is 0 Å². The van der Waals surface area contributed by atoms with Gasteiger partial charge in [-0.05, 0) is 6.92 Å². The van der Waals surface area contributed by atoms with Crippen LogP contribution in [0.3, 0.4) is 0 Å². The van der Waals surface area contributed by atoms with E-state index in [0.29, 0.717) is 6.42 Å². The Morgan fingerprint density at radius 1 is 1.56 bits per heavy atom. The quantitative estimate of drug-likeness (QED) is 0.730. The Labute approximate surface area is 108 Å². The first-order valence-electron chi connectivity index (χ1n) is 5.18. The molecule has 0 atom stereocenters. The van der Waals surface area contributed by atoms with E-state index in [2.05, 4.69) is 19.9 Å². The molecule has 0 radical (unpaired) electrons. The van der Waals surface area contributed by atoms with Gasteiger partial charge in [-0.2, -0.15) is 5.10 Å². The third-order valence-corrected chi connectivity index (χ3v) is 4.57. The van der Waals surface area contributed by atoms with E-state index in [1.165, 1.54) is 17.5 Å². The van der Waals surface area contributed by atoms with E-state index in [1.807, 2.05) is 12.3 Å². The highest BCUT2D eigenvalue weighted by atomic mass is 32.2. The molecule has 4 N–H and O–H groups in total. The lowest BCUT2D eigenvalue weighted by Crippen LogP contribution is -2.26. The van der Waals surface area contributed by atoms with Crippen molar-refractivity contribution in [2.24, 2.45) is 0 Å². The number of aromatic nitrogens is 3. The van der Waals surface area contributed by atoms with E-state index in [0.717, 1.165) is 10.7 Å². The number of hydrogen-bond donors (Lipinski definition) is 3. The predicted molar refractivity (Wildman–Crippen MR) is 68.7 cm³/mol. The summed E-state index contributed by atoms with van der Waals surface area (Å²) in [7, 11) is -3.60. The van der Waals surface area contributed by atoms with E-state index < -0.39 is 10.0 Å². The summed E-state index contributed by atoms with van der Waals surface area (Å²) in [6, 6.07) is 0. The Morgan fingerprint density at radius 3 is 2.89 bits per heavy atom. The molecule has 2 heterocycles. The SMILES string of the molecule is Cc1nc(CCNS(=O)(=O)c2cn[nH]c2N)cs1. The van der Waals surface area contributed by atoms with E-state index in [9.17, 15) is 8.42 Å². The first-order chi connectivity index (χ1) is 8.49. The van der Waals surface area contributed by atoms with Crippen molar-refractivity contribution in [2.45, 2.75) is 18.2 Å². The highest BCUT2D eigenvalue weighted by Gasteiger charge is 2.18. The summed E-state index contributed by atoms with van der Waals surface area (Å²) in [5.74, 6) is 0.0343. The van der Waals surface area contributed by atoms with Crippen molar-refractivity contribution in [3.05, 3.63) is 22.3 Å². The Bertz CT molecular complexity index is 631. The number of thiazole rings is 1. The van der Waals surface area contributed by atoms with Gasteiger partial charge in [-0.15, -0.1) is 11.3 Å². The zero-order valence-electron chi connectivity index (χ0n) is 9.67. The normalized spacial score (nSPS) is 11.8. The zero-order chi connectivity index (χ0) is 13.2. The van der Waals surface area contributed by atoms with Crippen molar-refractivity contribution in [1.82, 2.24) is 19.9 Å². The van der Waals surface area contributed by atoms with Crippen LogP contribution in [0, 0.1) is 6.92 Å². The van der Waals surface area contributed by atoms with Crippen molar-refractivity contribution in [2.75, 3.05) is 12.3 Å². The predicted octanol–water partition coefficient (Wildman–Crippen LogP) is 0.278. The minimum atomic E-state index is -3.60. The van der Waals surface area contributed by atoms with E-state index >= 15 is 0 Å². The molecular formula is C9H13N5O2S2. The van der Waals surface area contributed by atoms with Crippen molar-refractivity contribution in [3.8, 4) is 0 Å². The smallest absolute Gasteiger partial charge is 0.245 e. The molecular weight excluding hydrogens is 274 g/mol. The number of rotatable bonds is 5. The van der Waals surface area contributed by atoms with Gasteiger partial charge in [0.25, 0.3) is 0 Å². The van der Waals surface area contributed by atoms with Gasteiger partial charge in [0.1, 0.15) is 10.7 Å². The molecule has 2 aromatic heterocycles. The number of anilines is 1. The molecule has 0 spiro atoms. The number of sulfonamides is 1. The van der Waals surface area contributed by atoms with E-state index in [-0.39, 0.29) is 17.3 Å². The van der Waals surface area contributed by atoms with Crippen LogP contribution in [0.25, 0.3) is 0 Å². The third-order valence-electron chi connectivity index (χ3n) is 2.26. The summed E-state index contributed by atoms with van der Waals surface area (Å²) in [4.78, 5) is 4.22. The van der Waals surface area contributed by atoms with Gasteiger partial charge in [0, 0.05) is 18.3 Å². The maximum absolute atomic E-state index is 11.8. The molecule has 7 nitrogen and oxygen atoms in total. The van der Waals surface area contributed by atoms with Crippen LogP contribution < -0.4 is 10.5 Å². The molecule has 0 aliphatic heterocycles. The first-order valence-corrected chi connectivity index (χ1v) is 7.55. The second-order valence-corrected chi connectivity index (χ2v) is 6.45. The third kappa shape index (κ3) is 2.86. The molecule has 0 fully saturated rings. The second kappa shape index (κ2) is 5.04. The minimum absolute atomic E-state index is 0.0306. The first kappa shape index (κ1) is 13.0. The number of hydrogen-bond acceptors (Lipinski definition) is 6. The van der Waals surface area contributed by atoms with Gasteiger partial charge in [-0.3, -0.25) is 5.10 Å². The zero-order valence-corrected chi connectivity index (χ0v) is 11.3. The Hall–Kier alpha value is -1.45. The number of nitrogens with two attached hydrogens (primary N) is 1. The molecule has 2 rings (SSSR count). The maximum Gasteiger partial charge on any atom is 0.245 e. The molecule has 9 heteroatoms. The van der Waals surface area contributed by atoms with Gasteiger partial charge in [0.2, 0.25) is 10.0 Å². The van der Waals surface area contributed by atoms with Gasteiger partial charge >= 0.3 is 0 Å². The van der Waals surface area contributed by atoms with Crippen LogP contribution in [-0.4, -0.2) is 30.1 Å². The van der Waals surface area contributed by atoms with Crippen LogP contribution in [-0.2, 0) is 16.4 Å². The van der Waals surface area contributed by atoms with Crippen molar-refractivity contribution in [3.63, 3.8) is 0 Å². The summed E-state index contributed by atoms with van der Waals surface area (Å²) < 4.78 is 26.1.